The molecular weight excluding hydrogens is 860 g/mol. The Hall–Kier alpha value is -5.91. The molecule has 0 N–H and O–H groups in total. The van der Waals surface area contributed by atoms with Gasteiger partial charge in [0.15, 0.2) is 0 Å². The van der Waals surface area contributed by atoms with Crippen molar-refractivity contribution in [1.82, 2.24) is 19.1 Å². The number of aromatic nitrogens is 4. The SMILES string of the molecule is CN1[CH-]N(c2[c-]c(Oc3[c-]c4c(cc3)c3cc(-c5cccc6c5c5ccccc5n6C)ccc3n4-c3cc(C(C)(C)C)ccn3)ncc2)c2ccccc21.[Pt]. The molecule has 7 nitrogen and oxygen atoms in total. The first-order chi connectivity index (χ1) is 26.2. The molecule has 10 rings (SSSR count). The first-order valence-corrected chi connectivity index (χ1v) is 18.2. The molecule has 0 spiro atoms. The van der Waals surface area contributed by atoms with E-state index in [0.29, 0.717) is 11.6 Å². The summed E-state index contributed by atoms with van der Waals surface area (Å²) in [6.45, 7) is 8.73. The molecule has 0 bridgehead atoms. The molecule has 1 aliphatic rings. The molecule has 8 heteroatoms. The molecule has 0 radical (unpaired) electrons. The molecule has 4 aromatic heterocycles. The van der Waals surface area contributed by atoms with Crippen LogP contribution in [-0.4, -0.2) is 26.1 Å². The van der Waals surface area contributed by atoms with Crippen molar-refractivity contribution < 1.29 is 25.8 Å². The van der Waals surface area contributed by atoms with E-state index in [1.807, 2.05) is 44.2 Å². The van der Waals surface area contributed by atoms with E-state index in [2.05, 4.69) is 155 Å². The summed E-state index contributed by atoms with van der Waals surface area (Å²) < 4.78 is 10.9. The van der Waals surface area contributed by atoms with E-state index in [-0.39, 0.29) is 26.5 Å². The predicted octanol–water partition coefficient (Wildman–Crippen LogP) is 11.3. The maximum Gasteiger partial charge on any atom is 0.135 e. The molecule has 9 aromatic rings. The van der Waals surface area contributed by atoms with Crippen molar-refractivity contribution in [1.29, 1.82) is 0 Å². The van der Waals surface area contributed by atoms with Crippen LogP contribution in [0.2, 0.25) is 0 Å². The number of ether oxygens (including phenoxy) is 1. The van der Waals surface area contributed by atoms with Crippen LogP contribution in [0.15, 0.2) is 128 Å². The summed E-state index contributed by atoms with van der Waals surface area (Å²) in [5.74, 6) is 1.74. The average Bonchev–Trinajstić information content (AvgIpc) is 3.81. The molecule has 0 amide bonds. The Morgan fingerprint density at radius 1 is 0.673 bits per heavy atom. The molecule has 55 heavy (non-hydrogen) atoms. The summed E-state index contributed by atoms with van der Waals surface area (Å²) >= 11 is 0. The van der Waals surface area contributed by atoms with E-state index in [1.165, 1.54) is 32.9 Å². The van der Waals surface area contributed by atoms with E-state index in [0.717, 1.165) is 50.2 Å². The molecule has 0 saturated heterocycles. The monoisotopic (exact) mass is 896 g/mol. The molecule has 0 atom stereocenters. The van der Waals surface area contributed by atoms with E-state index >= 15 is 0 Å². The minimum absolute atomic E-state index is 0. The van der Waals surface area contributed by atoms with Crippen LogP contribution in [0.5, 0.6) is 11.6 Å². The van der Waals surface area contributed by atoms with Gasteiger partial charge in [0.2, 0.25) is 0 Å². The van der Waals surface area contributed by atoms with Gasteiger partial charge in [-0.3, -0.25) is 4.98 Å². The maximum atomic E-state index is 6.44. The zero-order valence-corrected chi connectivity index (χ0v) is 33.4. The average molecular weight is 897 g/mol. The van der Waals surface area contributed by atoms with Crippen LogP contribution in [-0.2, 0) is 33.5 Å². The Morgan fingerprint density at radius 2 is 1.45 bits per heavy atom. The minimum Gasteiger partial charge on any atom is -0.504 e. The zero-order valence-electron chi connectivity index (χ0n) is 31.1. The van der Waals surface area contributed by atoms with Gasteiger partial charge in [0.1, 0.15) is 11.7 Å². The van der Waals surface area contributed by atoms with Crippen molar-refractivity contribution in [2.45, 2.75) is 26.2 Å². The second kappa shape index (κ2) is 13.1. The van der Waals surface area contributed by atoms with Gasteiger partial charge in [0, 0.05) is 78.8 Å². The van der Waals surface area contributed by atoms with Gasteiger partial charge in [0.25, 0.3) is 0 Å². The second-order valence-electron chi connectivity index (χ2n) is 15.0. The van der Waals surface area contributed by atoms with Gasteiger partial charge >= 0.3 is 0 Å². The quantitative estimate of drug-likeness (QED) is 0.161. The fourth-order valence-electron chi connectivity index (χ4n) is 7.96. The molecule has 5 aromatic carbocycles. The second-order valence-corrected chi connectivity index (χ2v) is 15.0. The number of para-hydroxylation sites is 3. The Bertz CT molecular complexity index is 2940. The van der Waals surface area contributed by atoms with Crippen molar-refractivity contribution in [3.8, 4) is 28.6 Å². The van der Waals surface area contributed by atoms with Gasteiger partial charge in [-0.2, -0.15) is 30.6 Å². The maximum absolute atomic E-state index is 6.44. The van der Waals surface area contributed by atoms with Crippen LogP contribution < -0.4 is 14.5 Å². The number of anilines is 3. The fraction of sp³-hybridized carbons (Fsp3) is 0.128. The summed E-state index contributed by atoms with van der Waals surface area (Å²) in [5.41, 5.74) is 10.9. The van der Waals surface area contributed by atoms with E-state index in [9.17, 15) is 0 Å². The summed E-state index contributed by atoms with van der Waals surface area (Å²) in [5, 5.41) is 4.68. The molecule has 5 heterocycles. The van der Waals surface area contributed by atoms with Gasteiger partial charge in [-0.25, -0.2) is 4.98 Å². The van der Waals surface area contributed by atoms with Crippen LogP contribution >= 0.6 is 0 Å². The van der Waals surface area contributed by atoms with Crippen LogP contribution in [0.3, 0.4) is 0 Å². The standard InChI is InChI=1S/C47H37N6O.Pt/c1-47(2,3)31-21-23-48-44(26-31)53-39-20-17-30(34-12-10-16-42-46(34)36-11-6-7-13-38(36)51(42)5)25-37(39)35-19-18-33(28-43(35)53)54-45-27-32(22-24-49-45)52-29-50(4)40-14-8-9-15-41(40)52;/h6-26,29H,1-5H3;/q-3;. The van der Waals surface area contributed by atoms with Crippen LogP contribution in [0, 0.1) is 18.8 Å². The zero-order chi connectivity index (χ0) is 36.7. The van der Waals surface area contributed by atoms with Crippen LogP contribution in [0.25, 0.3) is 60.6 Å². The molecule has 0 saturated carbocycles. The third-order valence-electron chi connectivity index (χ3n) is 10.7. The van der Waals surface area contributed by atoms with Crippen LogP contribution in [0.4, 0.5) is 17.1 Å². The van der Waals surface area contributed by atoms with E-state index in [1.54, 1.807) is 6.20 Å². The number of benzene rings is 5. The van der Waals surface area contributed by atoms with Gasteiger partial charge < -0.3 is 23.7 Å². The number of pyridine rings is 2. The predicted molar refractivity (Wildman–Crippen MR) is 220 cm³/mol. The number of hydrogen-bond donors (Lipinski definition) is 0. The summed E-state index contributed by atoms with van der Waals surface area (Å²) in [6, 6.07) is 47.6. The number of nitrogens with zero attached hydrogens (tertiary/aromatic N) is 6. The van der Waals surface area contributed by atoms with Crippen molar-refractivity contribution in [3.05, 3.63) is 152 Å². The Labute approximate surface area is 334 Å². The van der Waals surface area contributed by atoms with Gasteiger partial charge in [-0.1, -0.05) is 80.9 Å². The van der Waals surface area contributed by atoms with Crippen molar-refractivity contribution in [2.75, 3.05) is 16.8 Å². The number of fused-ring (bicyclic) bond motifs is 7. The topological polar surface area (TPSA) is 51.4 Å². The van der Waals surface area contributed by atoms with Gasteiger partial charge in [0.05, 0.1) is 0 Å². The summed E-state index contributed by atoms with van der Waals surface area (Å²) in [6.07, 6.45) is 3.66. The van der Waals surface area contributed by atoms with Gasteiger partial charge in [-0.15, -0.1) is 17.5 Å². The van der Waals surface area contributed by atoms with Crippen molar-refractivity contribution in [2.24, 2.45) is 7.05 Å². The molecule has 274 valence electrons. The first kappa shape index (κ1) is 34.8. The number of rotatable bonds is 5. The molecule has 0 aliphatic carbocycles. The normalized spacial score (nSPS) is 12.9. The van der Waals surface area contributed by atoms with Crippen molar-refractivity contribution in [3.63, 3.8) is 0 Å². The molecule has 0 fully saturated rings. The first-order valence-electron chi connectivity index (χ1n) is 18.2. The molecule has 1 aliphatic heterocycles. The minimum atomic E-state index is -0.0483. The van der Waals surface area contributed by atoms with E-state index in [4.69, 9.17) is 9.72 Å². The van der Waals surface area contributed by atoms with Crippen LogP contribution in [0.1, 0.15) is 26.3 Å². The summed E-state index contributed by atoms with van der Waals surface area (Å²) in [7, 11) is 4.19. The van der Waals surface area contributed by atoms with Crippen molar-refractivity contribution >= 4 is 60.7 Å². The Balaban J connectivity index is 0.00000397. The molecule has 0 unspecified atom stereocenters. The van der Waals surface area contributed by atoms with Gasteiger partial charge in [-0.05, 0) is 83.2 Å². The fourth-order valence-corrected chi connectivity index (χ4v) is 7.96. The number of hydrogen-bond acceptors (Lipinski definition) is 5. The largest absolute Gasteiger partial charge is 0.504 e. The third kappa shape index (κ3) is 5.68. The Kier molecular flexibility index (Phi) is 8.32. The number of aryl methyl sites for hydroxylation is 1. The Morgan fingerprint density at radius 3 is 2.31 bits per heavy atom. The molecular formula is C47H37N6OPt-3. The summed E-state index contributed by atoms with van der Waals surface area (Å²) in [4.78, 5) is 13.7. The smallest absolute Gasteiger partial charge is 0.135 e. The van der Waals surface area contributed by atoms with E-state index < -0.39 is 0 Å². The third-order valence-corrected chi connectivity index (χ3v) is 10.7.